The van der Waals surface area contributed by atoms with Gasteiger partial charge in [-0.15, -0.1) is 0 Å². The van der Waals surface area contributed by atoms with Crippen LogP contribution in [0.4, 0.5) is 8.78 Å². The second-order valence-corrected chi connectivity index (χ2v) is 9.40. The van der Waals surface area contributed by atoms with Crippen molar-refractivity contribution in [1.29, 1.82) is 0 Å². The van der Waals surface area contributed by atoms with Gasteiger partial charge in [-0.25, -0.2) is 8.78 Å². The Morgan fingerprint density at radius 1 is 1.05 bits per heavy atom. The molecule has 0 spiro atoms. The Kier molecular flexibility index (Phi) is 9.07. The van der Waals surface area contributed by atoms with Gasteiger partial charge in [-0.1, -0.05) is 54.1 Å². The molecule has 1 fully saturated rings. The lowest BCUT2D eigenvalue weighted by molar-refractivity contribution is -0.141. The van der Waals surface area contributed by atoms with E-state index in [1.807, 2.05) is 19.1 Å². The zero-order valence-corrected chi connectivity index (χ0v) is 21.6. The van der Waals surface area contributed by atoms with E-state index >= 15 is 0 Å². The molecule has 1 N–H and O–H groups in total. The van der Waals surface area contributed by atoms with Gasteiger partial charge in [-0.3, -0.25) is 9.59 Å². The van der Waals surface area contributed by atoms with Crippen molar-refractivity contribution in [3.63, 3.8) is 0 Å². The number of methoxy groups -OCH3 is 1. The average Bonchev–Trinajstić information content (AvgIpc) is 3.44. The number of nitrogens with one attached hydrogen (secondary N) is 1. The van der Waals surface area contributed by atoms with Gasteiger partial charge in [-0.05, 0) is 43.5 Å². The molecule has 1 aliphatic rings. The molecule has 0 bridgehead atoms. The molecule has 200 valence electrons. The SMILES string of the molecule is COc1ccccc1CN(C(=O)Cc1c(F)cccc1F)[C@@H](C(=O)NC[C@H]1CCCO1)c1ccc(C)cc1. The first-order valence-electron chi connectivity index (χ1n) is 12.7. The lowest BCUT2D eigenvalue weighted by atomic mass is 10.00. The van der Waals surface area contributed by atoms with Crippen molar-refractivity contribution in [3.05, 3.63) is 101 Å². The molecule has 38 heavy (non-hydrogen) atoms. The number of benzene rings is 3. The molecule has 0 saturated carbocycles. The normalized spacial score (nSPS) is 15.6. The Balaban J connectivity index is 1.73. The lowest BCUT2D eigenvalue weighted by Crippen LogP contribution is -2.45. The summed E-state index contributed by atoms with van der Waals surface area (Å²) in [5.41, 5.74) is 1.88. The smallest absolute Gasteiger partial charge is 0.247 e. The van der Waals surface area contributed by atoms with Crippen LogP contribution in [0.1, 0.15) is 41.1 Å². The molecule has 1 aliphatic heterocycles. The summed E-state index contributed by atoms with van der Waals surface area (Å²) in [6.45, 7) is 2.87. The molecule has 0 aromatic heterocycles. The largest absolute Gasteiger partial charge is 0.496 e. The van der Waals surface area contributed by atoms with Crippen LogP contribution in [-0.4, -0.2) is 43.1 Å². The van der Waals surface area contributed by atoms with Gasteiger partial charge >= 0.3 is 0 Å². The highest BCUT2D eigenvalue weighted by Crippen LogP contribution is 2.29. The van der Waals surface area contributed by atoms with E-state index in [0.29, 0.717) is 30.0 Å². The van der Waals surface area contributed by atoms with E-state index in [4.69, 9.17) is 9.47 Å². The highest BCUT2D eigenvalue weighted by atomic mass is 19.1. The second-order valence-electron chi connectivity index (χ2n) is 9.40. The molecule has 6 nitrogen and oxygen atoms in total. The first-order valence-corrected chi connectivity index (χ1v) is 12.7. The Labute approximate surface area is 221 Å². The van der Waals surface area contributed by atoms with Crippen molar-refractivity contribution in [2.75, 3.05) is 20.3 Å². The third kappa shape index (κ3) is 6.55. The molecule has 0 unspecified atom stereocenters. The number of halogens is 2. The molecule has 8 heteroatoms. The molecule has 0 radical (unpaired) electrons. The molecule has 3 aromatic carbocycles. The fraction of sp³-hybridized carbons (Fsp3) is 0.333. The first kappa shape index (κ1) is 27.3. The number of carbonyl (C=O) groups is 2. The van der Waals surface area contributed by atoms with Gasteiger partial charge in [-0.2, -0.15) is 0 Å². The fourth-order valence-corrected chi connectivity index (χ4v) is 4.63. The van der Waals surface area contributed by atoms with Crippen LogP contribution in [0.2, 0.25) is 0 Å². The summed E-state index contributed by atoms with van der Waals surface area (Å²) in [5, 5.41) is 2.94. The Morgan fingerprint density at radius 2 is 1.76 bits per heavy atom. The molecule has 4 rings (SSSR count). The second kappa shape index (κ2) is 12.6. The van der Waals surface area contributed by atoms with E-state index in [2.05, 4.69) is 5.32 Å². The van der Waals surface area contributed by atoms with Gasteiger partial charge in [0.1, 0.15) is 23.4 Å². The predicted octanol–water partition coefficient (Wildman–Crippen LogP) is 4.89. The summed E-state index contributed by atoms with van der Waals surface area (Å²) in [6, 6.07) is 16.9. The van der Waals surface area contributed by atoms with Crippen molar-refractivity contribution in [1.82, 2.24) is 10.2 Å². The van der Waals surface area contributed by atoms with Crippen LogP contribution >= 0.6 is 0 Å². The summed E-state index contributed by atoms with van der Waals surface area (Å²) in [7, 11) is 1.52. The quantitative estimate of drug-likeness (QED) is 0.412. The molecular formula is C30H32F2N2O4. The summed E-state index contributed by atoms with van der Waals surface area (Å²) in [4.78, 5) is 28.9. The monoisotopic (exact) mass is 522 g/mol. The van der Waals surface area contributed by atoms with Crippen molar-refractivity contribution >= 4 is 11.8 Å². The summed E-state index contributed by atoms with van der Waals surface area (Å²) in [6.07, 6.45) is 1.12. The summed E-state index contributed by atoms with van der Waals surface area (Å²) >= 11 is 0. The van der Waals surface area contributed by atoms with Crippen LogP contribution in [0.25, 0.3) is 0 Å². The van der Waals surface area contributed by atoms with Crippen molar-refractivity contribution < 1.29 is 27.8 Å². The van der Waals surface area contributed by atoms with Crippen molar-refractivity contribution in [2.45, 2.75) is 44.9 Å². The number of para-hydroxylation sites is 1. The van der Waals surface area contributed by atoms with Crippen LogP contribution in [0, 0.1) is 18.6 Å². The maximum absolute atomic E-state index is 14.5. The topological polar surface area (TPSA) is 67.9 Å². The number of hydrogen-bond donors (Lipinski definition) is 1. The number of nitrogens with zero attached hydrogens (tertiary/aromatic N) is 1. The minimum absolute atomic E-state index is 0.00912. The highest BCUT2D eigenvalue weighted by Gasteiger charge is 2.33. The van der Waals surface area contributed by atoms with E-state index < -0.39 is 35.9 Å². The minimum atomic E-state index is -1.05. The Morgan fingerprint density at radius 3 is 2.42 bits per heavy atom. The van der Waals surface area contributed by atoms with Gasteiger partial charge in [0, 0.05) is 24.3 Å². The van der Waals surface area contributed by atoms with E-state index in [-0.39, 0.29) is 18.2 Å². The zero-order chi connectivity index (χ0) is 27.1. The number of hydrogen-bond acceptors (Lipinski definition) is 4. The maximum Gasteiger partial charge on any atom is 0.247 e. The van der Waals surface area contributed by atoms with Crippen LogP contribution in [0.15, 0.2) is 66.7 Å². The predicted molar refractivity (Wildman–Crippen MR) is 140 cm³/mol. The minimum Gasteiger partial charge on any atom is -0.496 e. The number of aryl methyl sites for hydroxylation is 1. The van der Waals surface area contributed by atoms with Gasteiger partial charge in [0.25, 0.3) is 0 Å². The fourth-order valence-electron chi connectivity index (χ4n) is 4.63. The van der Waals surface area contributed by atoms with Gasteiger partial charge in [0.2, 0.25) is 11.8 Å². The third-order valence-corrected chi connectivity index (χ3v) is 6.72. The van der Waals surface area contributed by atoms with E-state index in [0.717, 1.165) is 30.5 Å². The van der Waals surface area contributed by atoms with Crippen LogP contribution in [0.5, 0.6) is 5.75 Å². The molecule has 2 amide bonds. The number of carbonyl (C=O) groups excluding carboxylic acids is 2. The van der Waals surface area contributed by atoms with E-state index in [1.54, 1.807) is 36.4 Å². The first-order chi connectivity index (χ1) is 18.4. The van der Waals surface area contributed by atoms with E-state index in [9.17, 15) is 18.4 Å². The van der Waals surface area contributed by atoms with Gasteiger partial charge < -0.3 is 19.7 Å². The van der Waals surface area contributed by atoms with Crippen molar-refractivity contribution in [2.24, 2.45) is 0 Å². The standard InChI is InChI=1S/C30H32F2N2O4/c1-20-12-14-21(15-13-20)29(30(36)33-18-23-8-6-16-38-23)34(19-22-7-3-4-11-27(22)37-2)28(35)17-24-25(31)9-5-10-26(24)32/h3-5,7,9-15,23,29H,6,8,16-19H2,1-2H3,(H,33,36)/t23-,29-/m1/s1. The summed E-state index contributed by atoms with van der Waals surface area (Å²) in [5.74, 6) is -2.10. The number of ether oxygens (including phenoxy) is 2. The lowest BCUT2D eigenvalue weighted by Gasteiger charge is -2.32. The molecule has 3 aromatic rings. The van der Waals surface area contributed by atoms with Crippen molar-refractivity contribution in [3.8, 4) is 5.75 Å². The number of amides is 2. The van der Waals surface area contributed by atoms with Gasteiger partial charge in [0.15, 0.2) is 0 Å². The van der Waals surface area contributed by atoms with Crippen LogP contribution in [-0.2, 0) is 27.3 Å². The molecule has 1 heterocycles. The molecular weight excluding hydrogens is 490 g/mol. The Bertz CT molecular complexity index is 1240. The molecule has 2 atom stereocenters. The Hall–Kier alpha value is -3.78. The van der Waals surface area contributed by atoms with Crippen LogP contribution in [0.3, 0.4) is 0 Å². The highest BCUT2D eigenvalue weighted by molar-refractivity contribution is 5.89. The van der Waals surface area contributed by atoms with Crippen LogP contribution < -0.4 is 10.1 Å². The third-order valence-electron chi connectivity index (χ3n) is 6.72. The molecule has 1 saturated heterocycles. The number of rotatable bonds is 10. The molecule has 0 aliphatic carbocycles. The van der Waals surface area contributed by atoms with E-state index in [1.165, 1.54) is 18.1 Å². The maximum atomic E-state index is 14.5. The average molecular weight is 523 g/mol. The zero-order valence-electron chi connectivity index (χ0n) is 21.6. The summed E-state index contributed by atoms with van der Waals surface area (Å²) < 4.78 is 40.2. The van der Waals surface area contributed by atoms with Gasteiger partial charge in [0.05, 0.1) is 26.2 Å².